The number of pyridine rings is 1. The Balaban J connectivity index is 1.53. The van der Waals surface area contributed by atoms with E-state index in [2.05, 4.69) is 42.5 Å². The molecule has 5 nitrogen and oxygen atoms in total. The molecule has 0 unspecified atom stereocenters. The van der Waals surface area contributed by atoms with Crippen molar-refractivity contribution in [2.75, 3.05) is 5.32 Å². The molecule has 0 spiro atoms. The van der Waals surface area contributed by atoms with Gasteiger partial charge >= 0.3 is 0 Å². The van der Waals surface area contributed by atoms with Crippen LogP contribution in [0.4, 0.5) is 5.69 Å². The number of nitrogens with two attached hydrogens (primary N) is 1. The minimum atomic E-state index is 0.0526. The number of hydrogen-bond donors (Lipinski definition) is 2. The summed E-state index contributed by atoms with van der Waals surface area (Å²) in [6.07, 6.45) is 4.51. The van der Waals surface area contributed by atoms with Gasteiger partial charge in [-0.3, -0.25) is 4.79 Å². The Bertz CT molecular complexity index is 851. The second kappa shape index (κ2) is 8.15. The van der Waals surface area contributed by atoms with Gasteiger partial charge in [0.25, 0.3) is 0 Å². The SMILES string of the molecule is CC(C)c1ccccc1NC(=O)C[C@H](C)[NH2+]Cc1cn2ccccc2n1. The van der Waals surface area contributed by atoms with Gasteiger partial charge in [-0.05, 0) is 36.6 Å². The smallest absolute Gasteiger partial charge is 0.230 e. The zero-order chi connectivity index (χ0) is 18.5. The van der Waals surface area contributed by atoms with E-state index in [9.17, 15) is 4.79 Å². The van der Waals surface area contributed by atoms with E-state index >= 15 is 0 Å². The van der Waals surface area contributed by atoms with Crippen LogP contribution in [0.1, 0.15) is 44.4 Å². The molecule has 0 radical (unpaired) electrons. The molecule has 0 fully saturated rings. The van der Waals surface area contributed by atoms with E-state index in [1.54, 1.807) is 0 Å². The lowest BCUT2D eigenvalue weighted by molar-refractivity contribution is -0.700. The summed E-state index contributed by atoms with van der Waals surface area (Å²) >= 11 is 0. The highest BCUT2D eigenvalue weighted by Gasteiger charge is 2.15. The number of imidazole rings is 1. The fourth-order valence-corrected chi connectivity index (χ4v) is 3.10. The van der Waals surface area contributed by atoms with Crippen LogP contribution in [0.3, 0.4) is 0 Å². The first-order valence-electron chi connectivity index (χ1n) is 9.17. The first-order valence-corrected chi connectivity index (χ1v) is 9.17. The normalized spacial score (nSPS) is 12.5. The molecule has 5 heteroatoms. The number of rotatable bonds is 7. The van der Waals surface area contributed by atoms with Crippen LogP contribution < -0.4 is 10.6 Å². The molecular weight excluding hydrogens is 324 g/mol. The zero-order valence-corrected chi connectivity index (χ0v) is 15.6. The lowest BCUT2D eigenvalue weighted by Gasteiger charge is -2.15. The van der Waals surface area contributed by atoms with Crippen LogP contribution in [-0.2, 0) is 11.3 Å². The third-order valence-corrected chi connectivity index (χ3v) is 4.51. The van der Waals surface area contributed by atoms with E-state index in [0.29, 0.717) is 12.3 Å². The molecule has 0 saturated heterocycles. The van der Waals surface area contributed by atoms with Crippen molar-refractivity contribution in [3.63, 3.8) is 0 Å². The van der Waals surface area contributed by atoms with Gasteiger partial charge in [-0.2, -0.15) is 0 Å². The quantitative estimate of drug-likeness (QED) is 0.687. The van der Waals surface area contributed by atoms with Crippen molar-refractivity contribution in [1.82, 2.24) is 9.38 Å². The Morgan fingerprint density at radius 2 is 1.92 bits per heavy atom. The molecule has 3 N–H and O–H groups in total. The highest BCUT2D eigenvalue weighted by Crippen LogP contribution is 2.23. The Morgan fingerprint density at radius 1 is 1.15 bits per heavy atom. The fraction of sp³-hybridized carbons (Fsp3) is 0.333. The summed E-state index contributed by atoms with van der Waals surface area (Å²) in [4.78, 5) is 17.0. The lowest BCUT2D eigenvalue weighted by Crippen LogP contribution is -2.88. The van der Waals surface area contributed by atoms with Gasteiger partial charge in [0, 0.05) is 18.1 Å². The average Bonchev–Trinajstić information content (AvgIpc) is 3.03. The van der Waals surface area contributed by atoms with Gasteiger partial charge in [-0.25, -0.2) is 4.98 Å². The topological polar surface area (TPSA) is 63.0 Å². The highest BCUT2D eigenvalue weighted by atomic mass is 16.1. The number of para-hydroxylation sites is 1. The maximum absolute atomic E-state index is 12.4. The number of quaternary nitrogens is 1. The van der Waals surface area contributed by atoms with Crippen molar-refractivity contribution < 1.29 is 10.1 Å². The van der Waals surface area contributed by atoms with Crippen LogP contribution in [-0.4, -0.2) is 21.3 Å². The molecule has 2 heterocycles. The van der Waals surface area contributed by atoms with E-state index in [-0.39, 0.29) is 11.9 Å². The van der Waals surface area contributed by atoms with Gasteiger partial charge in [-0.15, -0.1) is 0 Å². The molecule has 26 heavy (non-hydrogen) atoms. The Labute approximate surface area is 154 Å². The molecule has 0 aliphatic carbocycles. The average molecular weight is 351 g/mol. The predicted molar refractivity (Wildman–Crippen MR) is 104 cm³/mol. The van der Waals surface area contributed by atoms with E-state index in [1.807, 2.05) is 53.2 Å². The molecule has 3 aromatic rings. The number of fused-ring (bicyclic) bond motifs is 1. The number of nitrogens with zero attached hydrogens (tertiary/aromatic N) is 2. The number of carbonyl (C=O) groups is 1. The van der Waals surface area contributed by atoms with E-state index in [1.165, 1.54) is 5.56 Å². The number of amides is 1. The van der Waals surface area contributed by atoms with Crippen molar-refractivity contribution in [2.45, 2.75) is 45.7 Å². The number of nitrogens with one attached hydrogen (secondary N) is 1. The Hall–Kier alpha value is -2.66. The monoisotopic (exact) mass is 351 g/mol. The standard InChI is InChI=1S/C21H26N4O/c1-15(2)18-8-4-5-9-19(18)24-21(26)12-16(3)22-13-17-14-25-11-7-6-10-20(25)23-17/h4-11,14-16,22H,12-13H2,1-3H3,(H,24,26)/p+1/t16-/m0/s1. The fourth-order valence-electron chi connectivity index (χ4n) is 3.10. The number of carbonyl (C=O) groups excluding carboxylic acids is 1. The summed E-state index contributed by atoms with van der Waals surface area (Å²) < 4.78 is 2.02. The molecule has 0 saturated carbocycles. The third-order valence-electron chi connectivity index (χ3n) is 4.51. The molecular formula is C21H27N4O+. The second-order valence-corrected chi connectivity index (χ2v) is 7.11. The minimum Gasteiger partial charge on any atom is -0.339 e. The molecule has 0 aliphatic rings. The molecule has 1 atom stereocenters. The Kier molecular flexibility index (Phi) is 5.68. The zero-order valence-electron chi connectivity index (χ0n) is 15.6. The second-order valence-electron chi connectivity index (χ2n) is 7.11. The number of benzene rings is 1. The van der Waals surface area contributed by atoms with Crippen LogP contribution in [0.15, 0.2) is 54.9 Å². The summed E-state index contributed by atoms with van der Waals surface area (Å²) in [5.74, 6) is 0.433. The number of hydrogen-bond acceptors (Lipinski definition) is 2. The molecule has 1 amide bonds. The number of aromatic nitrogens is 2. The van der Waals surface area contributed by atoms with Crippen molar-refractivity contribution in [1.29, 1.82) is 0 Å². The van der Waals surface area contributed by atoms with Crippen molar-refractivity contribution in [3.8, 4) is 0 Å². The predicted octanol–water partition coefficient (Wildman–Crippen LogP) is 2.94. The summed E-state index contributed by atoms with van der Waals surface area (Å²) in [5.41, 5.74) is 4.06. The highest BCUT2D eigenvalue weighted by molar-refractivity contribution is 5.91. The summed E-state index contributed by atoms with van der Waals surface area (Å²) in [6, 6.07) is 14.2. The van der Waals surface area contributed by atoms with Crippen molar-refractivity contribution in [2.24, 2.45) is 0 Å². The lowest BCUT2D eigenvalue weighted by atomic mass is 10.0. The van der Waals surface area contributed by atoms with Gasteiger partial charge in [0.05, 0.1) is 12.5 Å². The maximum Gasteiger partial charge on any atom is 0.230 e. The molecule has 2 aromatic heterocycles. The van der Waals surface area contributed by atoms with Gasteiger partial charge < -0.3 is 15.0 Å². The first kappa shape index (κ1) is 18.1. The number of anilines is 1. The molecule has 0 aliphatic heterocycles. The van der Waals surface area contributed by atoms with Crippen LogP contribution in [0.2, 0.25) is 0 Å². The van der Waals surface area contributed by atoms with E-state index in [4.69, 9.17) is 0 Å². The molecule has 0 bridgehead atoms. The van der Waals surface area contributed by atoms with Gasteiger partial charge in [-0.1, -0.05) is 38.1 Å². The minimum absolute atomic E-state index is 0.0526. The molecule has 136 valence electrons. The largest absolute Gasteiger partial charge is 0.339 e. The maximum atomic E-state index is 12.4. The van der Waals surface area contributed by atoms with Gasteiger partial charge in [0.1, 0.15) is 17.9 Å². The Morgan fingerprint density at radius 3 is 2.69 bits per heavy atom. The van der Waals surface area contributed by atoms with Crippen LogP contribution >= 0.6 is 0 Å². The van der Waals surface area contributed by atoms with Crippen LogP contribution in [0.25, 0.3) is 5.65 Å². The summed E-state index contributed by atoms with van der Waals surface area (Å²) in [6.45, 7) is 7.11. The molecule has 1 aromatic carbocycles. The van der Waals surface area contributed by atoms with Gasteiger partial charge in [0.2, 0.25) is 5.91 Å². The summed E-state index contributed by atoms with van der Waals surface area (Å²) in [5, 5.41) is 5.23. The van der Waals surface area contributed by atoms with Crippen LogP contribution in [0.5, 0.6) is 0 Å². The third kappa shape index (κ3) is 4.49. The molecule has 3 rings (SSSR count). The van der Waals surface area contributed by atoms with Crippen molar-refractivity contribution in [3.05, 3.63) is 66.1 Å². The summed E-state index contributed by atoms with van der Waals surface area (Å²) in [7, 11) is 0. The van der Waals surface area contributed by atoms with Gasteiger partial charge in [0.15, 0.2) is 0 Å². The van der Waals surface area contributed by atoms with E-state index in [0.717, 1.165) is 23.6 Å². The van der Waals surface area contributed by atoms with Crippen LogP contribution in [0, 0.1) is 0 Å². The van der Waals surface area contributed by atoms with Crippen molar-refractivity contribution >= 4 is 17.2 Å². The first-order chi connectivity index (χ1) is 12.5. The van der Waals surface area contributed by atoms with E-state index < -0.39 is 0 Å².